The predicted molar refractivity (Wildman–Crippen MR) is 48.0 cm³/mol. The van der Waals surface area contributed by atoms with E-state index in [0.29, 0.717) is 0 Å². The number of hydrogen-bond acceptors (Lipinski definition) is 4. The summed E-state index contributed by atoms with van der Waals surface area (Å²) >= 11 is 0. The van der Waals surface area contributed by atoms with Gasteiger partial charge in [0.05, 0.1) is 18.7 Å². The zero-order chi connectivity index (χ0) is 13.1. The van der Waals surface area contributed by atoms with Crippen LogP contribution in [0.1, 0.15) is 12.1 Å². The number of carboxylic acids is 1. The predicted octanol–water partition coefficient (Wildman–Crippen LogP) is 0.218. The summed E-state index contributed by atoms with van der Waals surface area (Å²) in [7, 11) is 0. The van der Waals surface area contributed by atoms with E-state index in [4.69, 9.17) is 10.2 Å². The molecule has 0 saturated heterocycles. The van der Waals surface area contributed by atoms with E-state index in [1.54, 1.807) is 0 Å². The van der Waals surface area contributed by atoms with Crippen LogP contribution >= 0.6 is 0 Å². The van der Waals surface area contributed by atoms with Gasteiger partial charge in [-0.05, 0) is 0 Å². The van der Waals surface area contributed by atoms with Crippen LogP contribution < -0.4 is 0 Å². The average Bonchev–Trinajstić information content (AvgIpc) is 2.61. The number of aliphatic hydroxyl groups excluding tert-OH is 1. The van der Waals surface area contributed by atoms with Crippen molar-refractivity contribution in [3.8, 4) is 0 Å². The second-order valence-corrected chi connectivity index (χ2v) is 3.38. The van der Waals surface area contributed by atoms with Crippen molar-refractivity contribution in [2.75, 3.05) is 0 Å². The third-order valence-corrected chi connectivity index (χ3v) is 1.92. The Hall–Kier alpha value is -1.64. The van der Waals surface area contributed by atoms with E-state index in [1.807, 2.05) is 0 Å². The zero-order valence-electron chi connectivity index (χ0n) is 8.55. The lowest BCUT2D eigenvalue weighted by atomic mass is 10.2. The summed E-state index contributed by atoms with van der Waals surface area (Å²) < 4.78 is 36.8. The van der Waals surface area contributed by atoms with Crippen molar-refractivity contribution >= 4 is 5.97 Å². The molecule has 0 fully saturated rings. The Morgan fingerprint density at radius 1 is 1.53 bits per heavy atom. The first-order valence-corrected chi connectivity index (χ1v) is 4.64. The lowest BCUT2D eigenvalue weighted by Gasteiger charge is -2.13. The van der Waals surface area contributed by atoms with Crippen LogP contribution in [-0.4, -0.2) is 43.5 Å². The highest BCUT2D eigenvalue weighted by Crippen LogP contribution is 2.20. The van der Waals surface area contributed by atoms with Crippen LogP contribution in [0.5, 0.6) is 0 Å². The molecule has 0 aliphatic heterocycles. The number of aliphatic hydroxyl groups is 1. The number of rotatable bonds is 5. The molecule has 0 bridgehead atoms. The molecule has 2 N–H and O–H groups in total. The second-order valence-electron chi connectivity index (χ2n) is 3.38. The first-order valence-electron chi connectivity index (χ1n) is 4.64. The van der Waals surface area contributed by atoms with E-state index < -0.39 is 24.8 Å². The van der Waals surface area contributed by atoms with Gasteiger partial charge in [0.15, 0.2) is 6.10 Å². The van der Waals surface area contributed by atoms with Gasteiger partial charge in [-0.2, -0.15) is 13.2 Å². The van der Waals surface area contributed by atoms with E-state index in [-0.39, 0.29) is 18.5 Å². The molecule has 0 aromatic carbocycles. The fourth-order valence-corrected chi connectivity index (χ4v) is 1.06. The van der Waals surface area contributed by atoms with E-state index in [1.165, 1.54) is 6.20 Å². The second kappa shape index (κ2) is 5.13. The Kier molecular flexibility index (Phi) is 4.05. The summed E-state index contributed by atoms with van der Waals surface area (Å²) in [5, 5.41) is 24.0. The van der Waals surface area contributed by atoms with Crippen molar-refractivity contribution in [2.24, 2.45) is 0 Å². The maximum atomic E-state index is 12.0. The van der Waals surface area contributed by atoms with Gasteiger partial charge in [-0.25, -0.2) is 4.68 Å². The molecule has 9 heteroatoms. The molecular weight excluding hydrogens is 243 g/mol. The van der Waals surface area contributed by atoms with Crippen molar-refractivity contribution < 1.29 is 28.2 Å². The minimum Gasteiger partial charge on any atom is -0.481 e. The van der Waals surface area contributed by atoms with E-state index >= 15 is 0 Å². The summed E-state index contributed by atoms with van der Waals surface area (Å²) in [6.07, 6.45) is -6.15. The van der Waals surface area contributed by atoms with Crippen LogP contribution in [0.4, 0.5) is 13.2 Å². The highest BCUT2D eigenvalue weighted by atomic mass is 19.4. The van der Waals surface area contributed by atoms with Gasteiger partial charge in [-0.3, -0.25) is 4.79 Å². The molecule has 0 aliphatic rings. The van der Waals surface area contributed by atoms with Crippen LogP contribution in [0.2, 0.25) is 0 Å². The average molecular weight is 253 g/mol. The number of aliphatic carboxylic acids is 1. The molecule has 1 aromatic rings. The number of carbonyl (C=O) groups is 1. The van der Waals surface area contributed by atoms with Crippen molar-refractivity contribution in [1.82, 2.24) is 15.0 Å². The number of hydrogen-bond donors (Lipinski definition) is 2. The first-order chi connectivity index (χ1) is 7.79. The van der Waals surface area contributed by atoms with Gasteiger partial charge in [0.2, 0.25) is 0 Å². The van der Waals surface area contributed by atoms with Crippen LogP contribution in [0.15, 0.2) is 6.20 Å². The fourth-order valence-electron chi connectivity index (χ4n) is 1.06. The van der Waals surface area contributed by atoms with Gasteiger partial charge in [0.1, 0.15) is 0 Å². The minimum absolute atomic E-state index is 0.0808. The number of carboxylic acid groups (broad SMARTS) is 1. The van der Waals surface area contributed by atoms with Crippen LogP contribution in [0, 0.1) is 0 Å². The van der Waals surface area contributed by atoms with Crippen molar-refractivity contribution in [3.63, 3.8) is 0 Å². The maximum absolute atomic E-state index is 12.0. The third-order valence-electron chi connectivity index (χ3n) is 1.92. The monoisotopic (exact) mass is 253 g/mol. The lowest BCUT2D eigenvalue weighted by Crippen LogP contribution is -2.32. The standard InChI is InChI=1S/C8H10F3N3O3/c9-8(10,11)6(15)4-14-3-5(12-13-14)1-2-7(16)17/h3,6,15H,1-2,4H2,(H,16,17). The Morgan fingerprint density at radius 3 is 2.71 bits per heavy atom. The quantitative estimate of drug-likeness (QED) is 0.783. The zero-order valence-corrected chi connectivity index (χ0v) is 8.55. The topological polar surface area (TPSA) is 88.2 Å². The van der Waals surface area contributed by atoms with Gasteiger partial charge in [-0.1, -0.05) is 5.21 Å². The fraction of sp³-hybridized carbons (Fsp3) is 0.625. The molecule has 17 heavy (non-hydrogen) atoms. The molecule has 6 nitrogen and oxygen atoms in total. The maximum Gasteiger partial charge on any atom is 0.416 e. The molecule has 0 aliphatic carbocycles. The molecule has 1 unspecified atom stereocenters. The summed E-state index contributed by atoms with van der Waals surface area (Å²) in [5.41, 5.74) is 0.266. The molecule has 0 spiro atoms. The Balaban J connectivity index is 2.54. The molecular formula is C8H10F3N3O3. The van der Waals surface area contributed by atoms with Crippen molar-refractivity contribution in [3.05, 3.63) is 11.9 Å². The smallest absolute Gasteiger partial charge is 0.416 e. The van der Waals surface area contributed by atoms with Gasteiger partial charge in [0.25, 0.3) is 0 Å². The van der Waals surface area contributed by atoms with Crippen LogP contribution in [0.25, 0.3) is 0 Å². The summed E-state index contributed by atoms with van der Waals surface area (Å²) in [6, 6.07) is 0. The number of aromatic nitrogens is 3. The largest absolute Gasteiger partial charge is 0.481 e. The first kappa shape index (κ1) is 13.4. The molecule has 0 radical (unpaired) electrons. The van der Waals surface area contributed by atoms with Gasteiger partial charge < -0.3 is 10.2 Å². The number of aryl methyl sites for hydroxylation is 1. The molecule has 0 saturated carbocycles. The van der Waals surface area contributed by atoms with Gasteiger partial charge in [0, 0.05) is 12.6 Å². The van der Waals surface area contributed by atoms with E-state index in [0.717, 1.165) is 4.68 Å². The number of alkyl halides is 3. The summed E-state index contributed by atoms with van der Waals surface area (Å²) in [5.74, 6) is -1.03. The SMILES string of the molecule is O=C(O)CCc1cn(CC(O)C(F)(F)F)nn1. The van der Waals surface area contributed by atoms with Gasteiger partial charge in [-0.15, -0.1) is 5.10 Å². The molecule has 96 valence electrons. The molecule has 1 rings (SSSR count). The summed E-state index contributed by atoms with van der Waals surface area (Å²) in [4.78, 5) is 10.2. The summed E-state index contributed by atoms with van der Waals surface area (Å²) in [6.45, 7) is -0.760. The van der Waals surface area contributed by atoms with E-state index in [2.05, 4.69) is 10.3 Å². The normalized spacial score (nSPS) is 13.6. The van der Waals surface area contributed by atoms with Gasteiger partial charge >= 0.3 is 12.1 Å². The Morgan fingerprint density at radius 2 is 2.18 bits per heavy atom. The Bertz CT molecular complexity index is 391. The highest BCUT2D eigenvalue weighted by Gasteiger charge is 2.38. The van der Waals surface area contributed by atoms with Crippen molar-refractivity contribution in [1.29, 1.82) is 0 Å². The number of halogens is 3. The number of nitrogens with zero attached hydrogens (tertiary/aromatic N) is 3. The molecule has 1 aromatic heterocycles. The van der Waals surface area contributed by atoms with E-state index in [9.17, 15) is 18.0 Å². The minimum atomic E-state index is -4.72. The Labute approximate surface area is 93.7 Å². The third kappa shape index (κ3) is 4.39. The van der Waals surface area contributed by atoms with Crippen molar-refractivity contribution in [2.45, 2.75) is 31.7 Å². The highest BCUT2D eigenvalue weighted by molar-refractivity contribution is 5.66. The molecule has 0 amide bonds. The molecule has 1 heterocycles. The van der Waals surface area contributed by atoms with Crippen LogP contribution in [-0.2, 0) is 17.8 Å². The van der Waals surface area contributed by atoms with Crippen LogP contribution in [0.3, 0.4) is 0 Å². The lowest BCUT2D eigenvalue weighted by molar-refractivity contribution is -0.208. The molecule has 1 atom stereocenters.